The van der Waals surface area contributed by atoms with Gasteiger partial charge in [0.1, 0.15) is 0 Å². The van der Waals surface area contributed by atoms with Gasteiger partial charge < -0.3 is 15.2 Å². The molecule has 1 atom stereocenters. The number of methoxy groups -OCH3 is 1. The smallest absolute Gasteiger partial charge is 0.304 e. The van der Waals surface area contributed by atoms with Gasteiger partial charge in [0, 0.05) is 19.7 Å². The maximum atomic E-state index is 10.3. The normalized spacial score (nSPS) is 14.2. The zero-order chi connectivity index (χ0) is 10.5. The molecule has 4 heteroatoms. The molecule has 0 aromatic rings. The van der Waals surface area contributed by atoms with Gasteiger partial charge in [0.2, 0.25) is 0 Å². The molecule has 78 valence electrons. The van der Waals surface area contributed by atoms with Crippen molar-refractivity contribution in [2.24, 2.45) is 0 Å². The third-order valence-corrected chi connectivity index (χ3v) is 1.91. The van der Waals surface area contributed by atoms with E-state index in [1.807, 2.05) is 20.8 Å². The monoisotopic (exact) mass is 189 g/mol. The number of carboxylic acid groups (broad SMARTS) is 1. The lowest BCUT2D eigenvalue weighted by Gasteiger charge is -2.25. The zero-order valence-corrected chi connectivity index (χ0v) is 8.76. The van der Waals surface area contributed by atoms with Crippen LogP contribution in [0.4, 0.5) is 0 Å². The van der Waals surface area contributed by atoms with Gasteiger partial charge >= 0.3 is 5.97 Å². The molecule has 13 heavy (non-hydrogen) atoms. The largest absolute Gasteiger partial charge is 0.481 e. The fourth-order valence-electron chi connectivity index (χ4n) is 0.826. The first-order valence-corrected chi connectivity index (χ1v) is 4.38. The summed E-state index contributed by atoms with van der Waals surface area (Å²) in [7, 11) is 1.64. The molecular formula is C9H19NO3. The van der Waals surface area contributed by atoms with Gasteiger partial charge in [-0.15, -0.1) is 0 Å². The number of carboxylic acids is 1. The lowest BCUT2D eigenvalue weighted by atomic mass is 10.1. The summed E-state index contributed by atoms with van der Waals surface area (Å²) in [6, 6.07) is -0.0214. The van der Waals surface area contributed by atoms with Crippen molar-refractivity contribution in [3.05, 3.63) is 0 Å². The third kappa shape index (κ3) is 6.54. The first-order valence-electron chi connectivity index (χ1n) is 4.38. The number of hydrogen-bond acceptors (Lipinski definition) is 3. The number of carbonyl (C=O) groups is 1. The van der Waals surface area contributed by atoms with Crippen molar-refractivity contribution in [3.8, 4) is 0 Å². The van der Waals surface area contributed by atoms with E-state index in [2.05, 4.69) is 5.32 Å². The second-order valence-corrected chi connectivity index (χ2v) is 3.84. The molecule has 0 radical (unpaired) electrons. The van der Waals surface area contributed by atoms with Crippen molar-refractivity contribution >= 4 is 5.97 Å². The van der Waals surface area contributed by atoms with Crippen LogP contribution in [0, 0.1) is 0 Å². The SMILES string of the molecule is COC(C)(C)CNC(C)CC(=O)O. The van der Waals surface area contributed by atoms with Gasteiger partial charge in [-0.2, -0.15) is 0 Å². The van der Waals surface area contributed by atoms with Crippen molar-refractivity contribution in [2.45, 2.75) is 38.8 Å². The molecule has 0 spiro atoms. The number of nitrogens with one attached hydrogen (secondary N) is 1. The molecule has 0 saturated heterocycles. The van der Waals surface area contributed by atoms with E-state index in [0.29, 0.717) is 6.54 Å². The van der Waals surface area contributed by atoms with E-state index in [-0.39, 0.29) is 18.1 Å². The predicted octanol–water partition coefficient (Wildman–Crippen LogP) is 0.864. The molecule has 0 aliphatic rings. The number of rotatable bonds is 6. The Bertz CT molecular complexity index is 168. The maximum Gasteiger partial charge on any atom is 0.304 e. The van der Waals surface area contributed by atoms with Gasteiger partial charge in [-0.25, -0.2) is 0 Å². The van der Waals surface area contributed by atoms with Gasteiger partial charge in [0.15, 0.2) is 0 Å². The van der Waals surface area contributed by atoms with Crippen LogP contribution in [-0.4, -0.2) is 36.4 Å². The van der Waals surface area contributed by atoms with Crippen molar-refractivity contribution < 1.29 is 14.6 Å². The minimum Gasteiger partial charge on any atom is -0.481 e. The molecule has 0 heterocycles. The minimum atomic E-state index is -0.782. The average molecular weight is 189 g/mol. The first-order chi connectivity index (χ1) is 5.87. The molecule has 0 aliphatic carbocycles. The van der Waals surface area contributed by atoms with E-state index in [4.69, 9.17) is 9.84 Å². The Balaban J connectivity index is 3.69. The topological polar surface area (TPSA) is 58.6 Å². The number of ether oxygens (including phenoxy) is 1. The number of aliphatic carboxylic acids is 1. The predicted molar refractivity (Wildman–Crippen MR) is 50.8 cm³/mol. The summed E-state index contributed by atoms with van der Waals surface area (Å²) in [4.78, 5) is 10.3. The van der Waals surface area contributed by atoms with Gasteiger partial charge in [0.25, 0.3) is 0 Å². The van der Waals surface area contributed by atoms with Crippen LogP contribution in [-0.2, 0) is 9.53 Å². The average Bonchev–Trinajstić information content (AvgIpc) is 2.00. The van der Waals surface area contributed by atoms with Crippen LogP contribution >= 0.6 is 0 Å². The second kappa shape index (κ2) is 5.19. The summed E-state index contributed by atoms with van der Waals surface area (Å²) in [5, 5.41) is 11.6. The summed E-state index contributed by atoms with van der Waals surface area (Å²) >= 11 is 0. The molecule has 0 amide bonds. The molecule has 0 saturated carbocycles. The Morgan fingerprint density at radius 2 is 2.15 bits per heavy atom. The molecule has 1 unspecified atom stereocenters. The van der Waals surface area contributed by atoms with Gasteiger partial charge in [-0.05, 0) is 20.8 Å². The van der Waals surface area contributed by atoms with Crippen molar-refractivity contribution in [1.29, 1.82) is 0 Å². The second-order valence-electron chi connectivity index (χ2n) is 3.84. The quantitative estimate of drug-likeness (QED) is 0.650. The van der Waals surface area contributed by atoms with Gasteiger partial charge in [0.05, 0.1) is 12.0 Å². The minimum absolute atomic E-state index is 0.0214. The Morgan fingerprint density at radius 1 is 1.62 bits per heavy atom. The zero-order valence-electron chi connectivity index (χ0n) is 8.76. The molecule has 0 rings (SSSR count). The Kier molecular flexibility index (Phi) is 4.95. The van der Waals surface area contributed by atoms with Crippen LogP contribution in [0.2, 0.25) is 0 Å². The van der Waals surface area contributed by atoms with Crippen LogP contribution in [0.1, 0.15) is 27.2 Å². The summed E-state index contributed by atoms with van der Waals surface area (Å²) in [6.45, 7) is 6.40. The Hall–Kier alpha value is -0.610. The highest BCUT2D eigenvalue weighted by Crippen LogP contribution is 2.05. The molecule has 0 aromatic heterocycles. The van der Waals surface area contributed by atoms with Crippen molar-refractivity contribution in [3.63, 3.8) is 0 Å². The first kappa shape index (κ1) is 12.4. The maximum absolute atomic E-state index is 10.3. The fraction of sp³-hybridized carbons (Fsp3) is 0.889. The lowest BCUT2D eigenvalue weighted by molar-refractivity contribution is -0.137. The third-order valence-electron chi connectivity index (χ3n) is 1.91. The summed E-state index contributed by atoms with van der Waals surface area (Å²) in [5.41, 5.74) is -0.243. The summed E-state index contributed by atoms with van der Waals surface area (Å²) in [5.74, 6) is -0.782. The molecule has 0 aromatic carbocycles. The standard InChI is InChI=1S/C9H19NO3/c1-7(5-8(11)12)10-6-9(2,3)13-4/h7,10H,5-6H2,1-4H3,(H,11,12). The molecule has 2 N–H and O–H groups in total. The molecule has 0 fully saturated rings. The molecule has 0 aliphatic heterocycles. The van der Waals surface area contributed by atoms with E-state index in [1.54, 1.807) is 7.11 Å². The fourth-order valence-corrected chi connectivity index (χ4v) is 0.826. The van der Waals surface area contributed by atoms with Crippen molar-refractivity contribution in [1.82, 2.24) is 5.32 Å². The highest BCUT2D eigenvalue weighted by Gasteiger charge is 2.17. The Morgan fingerprint density at radius 3 is 2.54 bits per heavy atom. The van der Waals surface area contributed by atoms with E-state index >= 15 is 0 Å². The molecular weight excluding hydrogens is 170 g/mol. The van der Waals surface area contributed by atoms with Crippen LogP contribution in [0.15, 0.2) is 0 Å². The van der Waals surface area contributed by atoms with Gasteiger partial charge in [-0.3, -0.25) is 4.79 Å². The summed E-state index contributed by atoms with van der Waals surface area (Å²) < 4.78 is 5.18. The van der Waals surface area contributed by atoms with E-state index in [9.17, 15) is 4.79 Å². The van der Waals surface area contributed by atoms with Crippen LogP contribution < -0.4 is 5.32 Å². The van der Waals surface area contributed by atoms with Gasteiger partial charge in [-0.1, -0.05) is 0 Å². The highest BCUT2D eigenvalue weighted by molar-refractivity contribution is 5.67. The van der Waals surface area contributed by atoms with Crippen molar-refractivity contribution in [2.75, 3.05) is 13.7 Å². The molecule has 4 nitrogen and oxygen atoms in total. The van der Waals surface area contributed by atoms with Crippen LogP contribution in [0.25, 0.3) is 0 Å². The molecule has 0 bridgehead atoms. The highest BCUT2D eigenvalue weighted by atomic mass is 16.5. The number of hydrogen-bond donors (Lipinski definition) is 2. The van der Waals surface area contributed by atoms with E-state index < -0.39 is 5.97 Å². The summed E-state index contributed by atoms with van der Waals surface area (Å²) in [6.07, 6.45) is 0.139. The van der Waals surface area contributed by atoms with E-state index in [1.165, 1.54) is 0 Å². The van der Waals surface area contributed by atoms with Crippen LogP contribution in [0.5, 0.6) is 0 Å². The van der Waals surface area contributed by atoms with Crippen LogP contribution in [0.3, 0.4) is 0 Å². The lowest BCUT2D eigenvalue weighted by Crippen LogP contribution is -2.41. The van der Waals surface area contributed by atoms with E-state index in [0.717, 1.165) is 0 Å². The Labute approximate surface area is 79.3 Å².